The molecule has 1 amide bonds. The van der Waals surface area contributed by atoms with E-state index in [0.717, 1.165) is 12.8 Å². The molecule has 0 fully saturated rings. The first-order chi connectivity index (χ1) is 11.7. The maximum absolute atomic E-state index is 12.9. The second-order valence-corrected chi connectivity index (χ2v) is 6.84. The van der Waals surface area contributed by atoms with Gasteiger partial charge >= 0.3 is 5.76 Å². The molecular formula is C17H17N3O3S. The molecule has 3 aromatic rings. The molecule has 24 heavy (non-hydrogen) atoms. The molecule has 0 saturated carbocycles. The monoisotopic (exact) mass is 343 g/mol. The molecular weight excluding hydrogens is 326 g/mol. The predicted molar refractivity (Wildman–Crippen MR) is 91.0 cm³/mol. The molecule has 7 heteroatoms. The first kappa shape index (κ1) is 15.1. The third-order valence-corrected chi connectivity index (χ3v) is 5.52. The Bertz CT molecular complexity index is 955. The lowest BCUT2D eigenvalue weighted by Crippen LogP contribution is -2.42. The van der Waals surface area contributed by atoms with Gasteiger partial charge in [0.1, 0.15) is 6.54 Å². The van der Waals surface area contributed by atoms with Crippen molar-refractivity contribution >= 4 is 28.5 Å². The minimum atomic E-state index is -0.543. The van der Waals surface area contributed by atoms with Gasteiger partial charge in [-0.25, -0.2) is 14.3 Å². The van der Waals surface area contributed by atoms with Gasteiger partial charge in [-0.05, 0) is 42.0 Å². The zero-order valence-corrected chi connectivity index (χ0v) is 14.1. The van der Waals surface area contributed by atoms with Crippen molar-refractivity contribution in [1.29, 1.82) is 0 Å². The van der Waals surface area contributed by atoms with Crippen LogP contribution >= 0.6 is 11.3 Å². The summed E-state index contributed by atoms with van der Waals surface area (Å²) < 4.78 is 6.47. The molecule has 1 aliphatic rings. The Kier molecular flexibility index (Phi) is 3.72. The fraction of sp³-hybridized carbons (Fsp3) is 0.353. The maximum atomic E-state index is 12.9. The van der Waals surface area contributed by atoms with E-state index in [-0.39, 0.29) is 18.5 Å². The maximum Gasteiger partial charge on any atom is 0.421 e. The zero-order valence-electron chi connectivity index (χ0n) is 13.3. The van der Waals surface area contributed by atoms with Gasteiger partial charge in [0.15, 0.2) is 11.2 Å². The molecule has 0 saturated heterocycles. The van der Waals surface area contributed by atoms with E-state index in [1.165, 1.54) is 15.0 Å². The molecule has 1 atom stereocenters. The Labute approximate surface area is 142 Å². The van der Waals surface area contributed by atoms with Crippen LogP contribution in [-0.2, 0) is 17.8 Å². The molecule has 0 spiro atoms. The number of rotatable bonds is 3. The van der Waals surface area contributed by atoms with E-state index >= 15 is 0 Å². The van der Waals surface area contributed by atoms with Gasteiger partial charge in [0.2, 0.25) is 5.91 Å². The van der Waals surface area contributed by atoms with Crippen LogP contribution in [-0.4, -0.2) is 26.9 Å². The van der Waals surface area contributed by atoms with Crippen molar-refractivity contribution in [2.45, 2.75) is 32.4 Å². The van der Waals surface area contributed by atoms with Crippen molar-refractivity contribution in [2.24, 2.45) is 0 Å². The van der Waals surface area contributed by atoms with Crippen LogP contribution in [0.2, 0.25) is 0 Å². The van der Waals surface area contributed by atoms with Crippen molar-refractivity contribution < 1.29 is 9.21 Å². The second kappa shape index (κ2) is 5.90. The molecule has 4 rings (SSSR count). The summed E-state index contributed by atoms with van der Waals surface area (Å²) in [5, 5.41) is 2.08. The molecule has 0 N–H and O–H groups in total. The van der Waals surface area contributed by atoms with Crippen molar-refractivity contribution in [3.05, 3.63) is 50.8 Å². The van der Waals surface area contributed by atoms with E-state index in [0.29, 0.717) is 17.8 Å². The van der Waals surface area contributed by atoms with Crippen LogP contribution in [0.15, 0.2) is 39.0 Å². The average Bonchev–Trinajstić information content (AvgIpc) is 3.18. The predicted octanol–water partition coefficient (Wildman–Crippen LogP) is 2.59. The lowest BCUT2D eigenvalue weighted by Gasteiger charge is -2.35. The minimum absolute atomic E-state index is 0.0428. The lowest BCUT2D eigenvalue weighted by molar-refractivity contribution is -0.134. The molecule has 0 bridgehead atoms. The molecule has 0 aliphatic carbocycles. The van der Waals surface area contributed by atoms with Gasteiger partial charge in [0.05, 0.1) is 6.04 Å². The summed E-state index contributed by atoms with van der Waals surface area (Å²) in [7, 11) is 0. The molecule has 1 unspecified atom stereocenters. The third-order valence-electron chi connectivity index (χ3n) is 4.52. The van der Waals surface area contributed by atoms with Crippen LogP contribution in [0.1, 0.15) is 29.8 Å². The van der Waals surface area contributed by atoms with Gasteiger partial charge in [-0.3, -0.25) is 4.79 Å². The van der Waals surface area contributed by atoms with Crippen LogP contribution in [0.4, 0.5) is 0 Å². The van der Waals surface area contributed by atoms with Crippen LogP contribution in [0.5, 0.6) is 0 Å². The normalized spacial score (nSPS) is 17.2. The van der Waals surface area contributed by atoms with Crippen LogP contribution in [0.25, 0.3) is 11.2 Å². The van der Waals surface area contributed by atoms with E-state index in [1.54, 1.807) is 29.7 Å². The molecule has 4 heterocycles. The number of hydrogen-bond acceptors (Lipinski definition) is 5. The van der Waals surface area contributed by atoms with E-state index in [9.17, 15) is 9.59 Å². The van der Waals surface area contributed by atoms with Crippen LogP contribution < -0.4 is 5.76 Å². The second-order valence-electron chi connectivity index (χ2n) is 5.84. The molecule has 0 aromatic carbocycles. The highest BCUT2D eigenvalue weighted by molar-refractivity contribution is 7.10. The number of carbonyl (C=O) groups is 1. The fourth-order valence-corrected chi connectivity index (χ4v) is 4.33. The van der Waals surface area contributed by atoms with E-state index in [2.05, 4.69) is 23.4 Å². The van der Waals surface area contributed by atoms with Crippen molar-refractivity contribution in [2.75, 3.05) is 6.54 Å². The Morgan fingerprint density at radius 1 is 1.46 bits per heavy atom. The van der Waals surface area contributed by atoms with Gasteiger partial charge in [0, 0.05) is 17.6 Å². The average molecular weight is 343 g/mol. The topological polar surface area (TPSA) is 68.3 Å². The molecule has 6 nitrogen and oxygen atoms in total. The Hall–Kier alpha value is -2.41. The highest BCUT2D eigenvalue weighted by Gasteiger charge is 2.31. The zero-order chi connectivity index (χ0) is 16.7. The number of thiophene rings is 1. The fourth-order valence-electron chi connectivity index (χ4n) is 3.40. The first-order valence-corrected chi connectivity index (χ1v) is 8.87. The Balaban J connectivity index is 1.64. The van der Waals surface area contributed by atoms with Gasteiger partial charge < -0.3 is 9.32 Å². The first-order valence-electron chi connectivity index (χ1n) is 7.99. The third kappa shape index (κ3) is 2.36. The summed E-state index contributed by atoms with van der Waals surface area (Å²) in [5.41, 5.74) is 2.06. The number of carbonyl (C=O) groups excluding carboxylic acids is 1. The number of fused-ring (bicyclic) bond motifs is 2. The SMILES string of the molecule is CCC1c2ccsc2CCN1C(=O)Cn1c(=O)oc2cccnc21. The lowest BCUT2D eigenvalue weighted by atomic mass is 9.98. The molecule has 0 radical (unpaired) electrons. The minimum Gasteiger partial charge on any atom is -0.406 e. The highest BCUT2D eigenvalue weighted by Crippen LogP contribution is 2.35. The quantitative estimate of drug-likeness (QED) is 0.733. The largest absolute Gasteiger partial charge is 0.421 e. The number of oxazole rings is 1. The summed E-state index contributed by atoms with van der Waals surface area (Å²) in [6.07, 6.45) is 3.31. The van der Waals surface area contributed by atoms with Gasteiger partial charge in [-0.1, -0.05) is 6.92 Å². The Morgan fingerprint density at radius 3 is 3.17 bits per heavy atom. The summed E-state index contributed by atoms with van der Waals surface area (Å²) in [6.45, 7) is 2.72. The highest BCUT2D eigenvalue weighted by atomic mass is 32.1. The van der Waals surface area contributed by atoms with Crippen molar-refractivity contribution in [3.63, 3.8) is 0 Å². The van der Waals surface area contributed by atoms with Crippen molar-refractivity contribution in [3.8, 4) is 0 Å². The summed E-state index contributed by atoms with van der Waals surface area (Å²) in [4.78, 5) is 32.3. The summed E-state index contributed by atoms with van der Waals surface area (Å²) >= 11 is 1.75. The number of aromatic nitrogens is 2. The molecule has 124 valence electrons. The van der Waals surface area contributed by atoms with Gasteiger partial charge in [-0.2, -0.15) is 0 Å². The van der Waals surface area contributed by atoms with E-state index < -0.39 is 5.76 Å². The number of amides is 1. The van der Waals surface area contributed by atoms with Gasteiger partial charge in [0.25, 0.3) is 0 Å². The number of pyridine rings is 1. The molecule has 1 aliphatic heterocycles. The number of hydrogen-bond donors (Lipinski definition) is 0. The summed E-state index contributed by atoms with van der Waals surface area (Å²) in [5.74, 6) is -0.618. The van der Waals surface area contributed by atoms with E-state index in [1.807, 2.05) is 4.90 Å². The summed E-state index contributed by atoms with van der Waals surface area (Å²) in [6, 6.07) is 5.56. The smallest absolute Gasteiger partial charge is 0.406 e. The standard InChI is InChI=1S/C17H17N3O3S/c1-2-12-11-6-9-24-14(11)5-8-19(12)15(21)10-20-16-13(23-17(20)22)4-3-7-18-16/h3-4,6-7,9,12H,2,5,8,10H2,1H3. The molecule has 3 aromatic heterocycles. The van der Waals surface area contributed by atoms with E-state index in [4.69, 9.17) is 4.42 Å². The Morgan fingerprint density at radius 2 is 2.33 bits per heavy atom. The number of nitrogens with zero attached hydrogens (tertiary/aromatic N) is 3. The van der Waals surface area contributed by atoms with Crippen LogP contribution in [0.3, 0.4) is 0 Å². The van der Waals surface area contributed by atoms with Gasteiger partial charge in [-0.15, -0.1) is 11.3 Å². The van der Waals surface area contributed by atoms with Crippen LogP contribution in [0, 0.1) is 0 Å². The van der Waals surface area contributed by atoms with Crippen molar-refractivity contribution in [1.82, 2.24) is 14.5 Å².